The van der Waals surface area contributed by atoms with Crippen molar-refractivity contribution in [1.29, 1.82) is 0 Å². The van der Waals surface area contributed by atoms with E-state index in [9.17, 15) is 5.11 Å². The normalized spacial score (nSPS) is 10.9. The number of aryl methyl sites for hydroxylation is 2. The second kappa shape index (κ2) is 7.33. The molecule has 27 heavy (non-hydrogen) atoms. The molecule has 136 valence electrons. The molecule has 0 radical (unpaired) electrons. The van der Waals surface area contributed by atoms with E-state index in [4.69, 9.17) is 4.74 Å². The summed E-state index contributed by atoms with van der Waals surface area (Å²) in [5, 5.41) is 23.7. The predicted octanol–water partition coefficient (Wildman–Crippen LogP) is 3.16. The third-order valence-electron chi connectivity index (χ3n) is 4.46. The Kier molecular flexibility index (Phi) is 4.57. The number of nitrogens with zero attached hydrogens (tertiary/aromatic N) is 4. The minimum Gasteiger partial charge on any atom is -0.508 e. The Labute approximate surface area is 156 Å². The molecular weight excluding hydrogens is 342 g/mol. The summed E-state index contributed by atoms with van der Waals surface area (Å²) in [5.74, 6) is 1.81. The fourth-order valence-corrected chi connectivity index (χ4v) is 3.10. The molecule has 2 aromatic carbocycles. The van der Waals surface area contributed by atoms with Crippen molar-refractivity contribution in [2.45, 2.75) is 12.8 Å². The number of ether oxygens (including phenoxy) is 1. The molecule has 0 atom stereocenters. The van der Waals surface area contributed by atoms with Crippen LogP contribution in [-0.4, -0.2) is 37.4 Å². The quantitative estimate of drug-likeness (QED) is 0.551. The first-order valence-corrected chi connectivity index (χ1v) is 8.61. The number of H-pyrrole nitrogens is 1. The molecule has 0 saturated carbocycles. The average molecular weight is 361 g/mol. The van der Waals surface area contributed by atoms with Gasteiger partial charge in [-0.3, -0.25) is 0 Å². The molecule has 2 aromatic heterocycles. The highest BCUT2D eigenvalue weighted by atomic mass is 16.5. The van der Waals surface area contributed by atoms with Crippen LogP contribution in [0.25, 0.3) is 16.9 Å². The molecule has 4 rings (SSSR count). The van der Waals surface area contributed by atoms with Gasteiger partial charge in [0.1, 0.15) is 17.3 Å². The van der Waals surface area contributed by atoms with Crippen LogP contribution in [0.5, 0.6) is 11.5 Å². The molecule has 4 aromatic rings. The molecule has 0 aliphatic heterocycles. The first-order valence-electron chi connectivity index (χ1n) is 8.61. The number of aromatic nitrogens is 5. The average Bonchev–Trinajstić information content (AvgIpc) is 3.37. The number of rotatable bonds is 6. The molecule has 7 nitrogen and oxygen atoms in total. The number of benzene rings is 2. The summed E-state index contributed by atoms with van der Waals surface area (Å²) in [4.78, 5) is 0. The first kappa shape index (κ1) is 16.8. The number of hydrogen-bond donors (Lipinski definition) is 2. The minimum atomic E-state index is 0.242. The van der Waals surface area contributed by atoms with E-state index in [1.54, 1.807) is 19.2 Å². The van der Waals surface area contributed by atoms with Crippen LogP contribution in [0.3, 0.4) is 0 Å². The van der Waals surface area contributed by atoms with E-state index in [2.05, 4.69) is 37.3 Å². The third kappa shape index (κ3) is 3.52. The molecule has 0 spiro atoms. The van der Waals surface area contributed by atoms with E-state index in [0.29, 0.717) is 6.42 Å². The summed E-state index contributed by atoms with van der Waals surface area (Å²) in [5.41, 5.74) is 4.25. The van der Waals surface area contributed by atoms with Gasteiger partial charge in [-0.05, 0) is 83.1 Å². The van der Waals surface area contributed by atoms with Crippen LogP contribution in [0.2, 0.25) is 0 Å². The van der Waals surface area contributed by atoms with Crippen molar-refractivity contribution in [3.8, 4) is 28.4 Å². The van der Waals surface area contributed by atoms with Gasteiger partial charge in [-0.1, -0.05) is 0 Å². The summed E-state index contributed by atoms with van der Waals surface area (Å²) in [6.07, 6.45) is 1.48. The summed E-state index contributed by atoms with van der Waals surface area (Å²) in [6.45, 7) is 0. The smallest absolute Gasteiger partial charge is 0.148 e. The molecule has 0 aliphatic rings. The SMILES string of the molecule is COc1ccc(-c2ccc(CCc3nnn[nH]3)n2-c2ccc(O)cc2)cc1. The van der Waals surface area contributed by atoms with E-state index in [-0.39, 0.29) is 5.75 Å². The Bertz CT molecular complexity index is 1010. The Hall–Kier alpha value is -3.61. The number of phenolic OH excluding ortho intramolecular Hbond substituents is 1. The molecule has 0 aliphatic carbocycles. The van der Waals surface area contributed by atoms with Gasteiger partial charge in [0.25, 0.3) is 0 Å². The van der Waals surface area contributed by atoms with Gasteiger partial charge in [0, 0.05) is 17.8 Å². The zero-order valence-electron chi connectivity index (χ0n) is 14.8. The van der Waals surface area contributed by atoms with Gasteiger partial charge in [0.05, 0.1) is 12.8 Å². The Balaban J connectivity index is 1.74. The van der Waals surface area contributed by atoms with Crippen LogP contribution >= 0.6 is 0 Å². The fourth-order valence-electron chi connectivity index (χ4n) is 3.10. The second-order valence-electron chi connectivity index (χ2n) is 6.14. The Morgan fingerprint density at radius 1 is 0.963 bits per heavy atom. The topological polar surface area (TPSA) is 88.9 Å². The molecular formula is C20H19N5O2. The van der Waals surface area contributed by atoms with Crippen molar-refractivity contribution in [3.05, 3.63) is 72.2 Å². The maximum absolute atomic E-state index is 9.65. The summed E-state index contributed by atoms with van der Waals surface area (Å²) < 4.78 is 7.45. The van der Waals surface area contributed by atoms with Crippen LogP contribution < -0.4 is 4.74 Å². The molecule has 0 unspecified atom stereocenters. The monoisotopic (exact) mass is 361 g/mol. The van der Waals surface area contributed by atoms with Crippen molar-refractivity contribution in [3.63, 3.8) is 0 Å². The molecule has 0 saturated heterocycles. The molecule has 0 bridgehead atoms. The van der Waals surface area contributed by atoms with Crippen molar-refractivity contribution in [2.75, 3.05) is 7.11 Å². The number of tetrazole rings is 1. The highest BCUT2D eigenvalue weighted by molar-refractivity contribution is 5.65. The van der Waals surface area contributed by atoms with E-state index in [1.807, 2.05) is 36.4 Å². The van der Waals surface area contributed by atoms with Crippen LogP contribution in [0.15, 0.2) is 60.7 Å². The van der Waals surface area contributed by atoms with Crippen LogP contribution in [0.4, 0.5) is 0 Å². The fraction of sp³-hybridized carbons (Fsp3) is 0.150. The van der Waals surface area contributed by atoms with Gasteiger partial charge in [-0.2, -0.15) is 0 Å². The van der Waals surface area contributed by atoms with Crippen molar-refractivity contribution < 1.29 is 9.84 Å². The first-order chi connectivity index (χ1) is 13.2. The number of hydrogen-bond acceptors (Lipinski definition) is 5. The van der Waals surface area contributed by atoms with E-state index < -0.39 is 0 Å². The standard InChI is InChI=1S/C20H19N5O2/c1-27-18-10-2-14(3-11-18)19-12-6-16(7-13-20-21-23-24-22-20)25(19)15-4-8-17(26)9-5-15/h2-6,8-12,26H,7,13H2,1H3,(H,21,22,23,24). The zero-order valence-corrected chi connectivity index (χ0v) is 14.8. The molecule has 0 fully saturated rings. The maximum Gasteiger partial charge on any atom is 0.148 e. The molecule has 2 N–H and O–H groups in total. The Morgan fingerprint density at radius 2 is 1.74 bits per heavy atom. The number of phenols is 1. The number of aromatic amines is 1. The largest absolute Gasteiger partial charge is 0.508 e. The van der Waals surface area contributed by atoms with Crippen molar-refractivity contribution in [2.24, 2.45) is 0 Å². The summed E-state index contributed by atoms with van der Waals surface area (Å²) in [6, 6.07) is 19.4. The van der Waals surface area contributed by atoms with Crippen molar-refractivity contribution in [1.82, 2.24) is 25.2 Å². The van der Waals surface area contributed by atoms with E-state index in [0.717, 1.165) is 40.6 Å². The number of nitrogens with one attached hydrogen (secondary N) is 1. The van der Waals surface area contributed by atoms with Crippen molar-refractivity contribution >= 4 is 0 Å². The lowest BCUT2D eigenvalue weighted by Gasteiger charge is -2.14. The molecule has 7 heteroatoms. The van der Waals surface area contributed by atoms with Gasteiger partial charge < -0.3 is 14.4 Å². The number of aromatic hydroxyl groups is 1. The lowest BCUT2D eigenvalue weighted by molar-refractivity contribution is 0.415. The zero-order chi connectivity index (χ0) is 18.6. The van der Waals surface area contributed by atoms with Gasteiger partial charge >= 0.3 is 0 Å². The van der Waals surface area contributed by atoms with Crippen LogP contribution in [0, 0.1) is 0 Å². The lowest BCUT2D eigenvalue weighted by atomic mass is 10.1. The highest BCUT2D eigenvalue weighted by Gasteiger charge is 2.13. The molecule has 2 heterocycles. The predicted molar refractivity (Wildman–Crippen MR) is 101 cm³/mol. The third-order valence-corrected chi connectivity index (χ3v) is 4.46. The minimum absolute atomic E-state index is 0.242. The summed E-state index contributed by atoms with van der Waals surface area (Å²) >= 11 is 0. The van der Waals surface area contributed by atoms with E-state index >= 15 is 0 Å². The second-order valence-corrected chi connectivity index (χ2v) is 6.14. The summed E-state index contributed by atoms with van der Waals surface area (Å²) in [7, 11) is 1.66. The van der Waals surface area contributed by atoms with E-state index in [1.165, 1.54) is 0 Å². The van der Waals surface area contributed by atoms with Crippen LogP contribution in [0.1, 0.15) is 11.5 Å². The highest BCUT2D eigenvalue weighted by Crippen LogP contribution is 2.29. The Morgan fingerprint density at radius 3 is 2.41 bits per heavy atom. The van der Waals surface area contributed by atoms with Gasteiger partial charge in [-0.15, -0.1) is 5.10 Å². The lowest BCUT2D eigenvalue weighted by Crippen LogP contribution is -2.04. The molecule has 0 amide bonds. The van der Waals surface area contributed by atoms with Crippen LogP contribution in [-0.2, 0) is 12.8 Å². The number of methoxy groups -OCH3 is 1. The maximum atomic E-state index is 9.65. The van der Waals surface area contributed by atoms with Gasteiger partial charge in [-0.25, -0.2) is 5.10 Å². The van der Waals surface area contributed by atoms with Gasteiger partial charge in [0.2, 0.25) is 0 Å². The van der Waals surface area contributed by atoms with Gasteiger partial charge in [0.15, 0.2) is 0 Å².